The van der Waals surface area contributed by atoms with E-state index in [0.29, 0.717) is 13.2 Å². The monoisotopic (exact) mass is 215 g/mol. The van der Waals surface area contributed by atoms with Gasteiger partial charge in [-0.05, 0) is 19.8 Å². The third-order valence-electron chi connectivity index (χ3n) is 2.29. The van der Waals surface area contributed by atoms with E-state index < -0.39 is 0 Å². The molecular formula is C11H21NO3. The summed E-state index contributed by atoms with van der Waals surface area (Å²) in [5.74, 6) is -0.168. The van der Waals surface area contributed by atoms with E-state index >= 15 is 0 Å². The van der Waals surface area contributed by atoms with Crippen LogP contribution in [0.2, 0.25) is 0 Å². The van der Waals surface area contributed by atoms with Crippen molar-refractivity contribution in [1.29, 1.82) is 0 Å². The second-order valence-electron chi connectivity index (χ2n) is 3.36. The van der Waals surface area contributed by atoms with Crippen LogP contribution < -0.4 is 5.32 Å². The van der Waals surface area contributed by atoms with Gasteiger partial charge >= 0.3 is 5.97 Å². The van der Waals surface area contributed by atoms with Crippen molar-refractivity contribution >= 4 is 11.9 Å². The Labute approximate surface area is 91.4 Å². The van der Waals surface area contributed by atoms with Gasteiger partial charge in [-0.25, -0.2) is 0 Å². The number of rotatable bonds is 7. The van der Waals surface area contributed by atoms with E-state index in [0.717, 1.165) is 12.8 Å². The zero-order valence-corrected chi connectivity index (χ0v) is 9.84. The molecule has 0 aliphatic rings. The van der Waals surface area contributed by atoms with Gasteiger partial charge in [0.2, 0.25) is 5.91 Å². The van der Waals surface area contributed by atoms with Gasteiger partial charge < -0.3 is 10.1 Å². The predicted molar refractivity (Wildman–Crippen MR) is 58.3 cm³/mol. The Morgan fingerprint density at radius 3 is 2.27 bits per heavy atom. The number of amides is 1. The van der Waals surface area contributed by atoms with E-state index in [9.17, 15) is 9.59 Å². The molecule has 0 aliphatic carbocycles. The maximum absolute atomic E-state index is 11.5. The van der Waals surface area contributed by atoms with Crippen molar-refractivity contribution in [2.75, 3.05) is 13.2 Å². The van der Waals surface area contributed by atoms with Gasteiger partial charge in [0.1, 0.15) is 0 Å². The smallest absolute Gasteiger partial charge is 0.307 e. The van der Waals surface area contributed by atoms with Gasteiger partial charge in [0, 0.05) is 12.5 Å². The maximum Gasteiger partial charge on any atom is 0.307 e. The van der Waals surface area contributed by atoms with Gasteiger partial charge in [-0.1, -0.05) is 13.8 Å². The minimum absolute atomic E-state index is 0.0318. The standard InChI is InChI=1S/C11H21NO3/c1-4-9(5-2)11(14)12-8-7-10(13)15-6-3/h9H,4-8H2,1-3H3,(H,12,14). The van der Waals surface area contributed by atoms with Gasteiger partial charge in [-0.3, -0.25) is 9.59 Å². The van der Waals surface area contributed by atoms with E-state index in [1.54, 1.807) is 6.92 Å². The van der Waals surface area contributed by atoms with E-state index in [-0.39, 0.29) is 24.2 Å². The van der Waals surface area contributed by atoms with Gasteiger partial charge in [0.15, 0.2) is 0 Å². The van der Waals surface area contributed by atoms with Crippen LogP contribution in [0.25, 0.3) is 0 Å². The largest absolute Gasteiger partial charge is 0.466 e. The van der Waals surface area contributed by atoms with Crippen LogP contribution in [0.4, 0.5) is 0 Å². The normalized spacial score (nSPS) is 10.1. The summed E-state index contributed by atoms with van der Waals surface area (Å²) in [6.07, 6.45) is 1.92. The van der Waals surface area contributed by atoms with Crippen LogP contribution >= 0.6 is 0 Å². The molecular weight excluding hydrogens is 194 g/mol. The number of carbonyl (C=O) groups is 2. The molecule has 0 bridgehead atoms. The highest BCUT2D eigenvalue weighted by molar-refractivity contribution is 5.79. The Kier molecular flexibility index (Phi) is 7.68. The van der Waals surface area contributed by atoms with Gasteiger partial charge in [-0.15, -0.1) is 0 Å². The molecule has 0 unspecified atom stereocenters. The summed E-state index contributed by atoms with van der Waals surface area (Å²) in [7, 11) is 0. The number of hydrogen-bond donors (Lipinski definition) is 1. The van der Waals surface area contributed by atoms with E-state index in [2.05, 4.69) is 5.32 Å². The maximum atomic E-state index is 11.5. The topological polar surface area (TPSA) is 55.4 Å². The lowest BCUT2D eigenvalue weighted by Crippen LogP contribution is -2.32. The fourth-order valence-electron chi connectivity index (χ4n) is 1.32. The molecule has 0 heterocycles. The molecule has 0 aromatic carbocycles. The van der Waals surface area contributed by atoms with Crippen molar-refractivity contribution in [3.05, 3.63) is 0 Å². The minimum Gasteiger partial charge on any atom is -0.466 e. The van der Waals surface area contributed by atoms with E-state index in [4.69, 9.17) is 4.74 Å². The van der Waals surface area contributed by atoms with Crippen molar-refractivity contribution in [2.45, 2.75) is 40.0 Å². The average molecular weight is 215 g/mol. The number of hydrogen-bond acceptors (Lipinski definition) is 3. The Hall–Kier alpha value is -1.06. The Balaban J connectivity index is 3.67. The lowest BCUT2D eigenvalue weighted by molar-refractivity contribution is -0.143. The van der Waals surface area contributed by atoms with Gasteiger partial charge in [0.05, 0.1) is 13.0 Å². The molecule has 4 heteroatoms. The molecule has 0 spiro atoms. The van der Waals surface area contributed by atoms with Crippen molar-refractivity contribution < 1.29 is 14.3 Å². The quantitative estimate of drug-likeness (QED) is 0.655. The summed E-state index contributed by atoms with van der Waals surface area (Å²) in [6.45, 7) is 6.49. The molecule has 0 saturated heterocycles. The molecule has 1 amide bonds. The van der Waals surface area contributed by atoms with Crippen molar-refractivity contribution in [1.82, 2.24) is 5.32 Å². The average Bonchev–Trinajstić information content (AvgIpc) is 2.20. The SMILES string of the molecule is CCOC(=O)CCNC(=O)C(CC)CC. The molecule has 0 radical (unpaired) electrons. The van der Waals surface area contributed by atoms with E-state index in [1.807, 2.05) is 13.8 Å². The molecule has 0 saturated carbocycles. The molecule has 0 aromatic heterocycles. The first kappa shape index (κ1) is 13.9. The Morgan fingerprint density at radius 2 is 1.80 bits per heavy atom. The zero-order valence-electron chi connectivity index (χ0n) is 9.84. The first-order valence-electron chi connectivity index (χ1n) is 5.58. The highest BCUT2D eigenvalue weighted by Crippen LogP contribution is 2.06. The molecule has 0 aromatic rings. The second-order valence-corrected chi connectivity index (χ2v) is 3.36. The highest BCUT2D eigenvalue weighted by atomic mass is 16.5. The first-order chi connectivity index (χ1) is 7.15. The molecule has 0 fully saturated rings. The Morgan fingerprint density at radius 1 is 1.20 bits per heavy atom. The van der Waals surface area contributed by atoms with Gasteiger partial charge in [-0.2, -0.15) is 0 Å². The van der Waals surface area contributed by atoms with Crippen LogP contribution in [0.1, 0.15) is 40.0 Å². The third kappa shape index (κ3) is 6.10. The molecule has 0 rings (SSSR count). The molecule has 15 heavy (non-hydrogen) atoms. The lowest BCUT2D eigenvalue weighted by atomic mass is 10.0. The fraction of sp³-hybridized carbons (Fsp3) is 0.818. The Bertz CT molecular complexity index is 200. The molecule has 4 nitrogen and oxygen atoms in total. The second kappa shape index (κ2) is 8.26. The summed E-state index contributed by atoms with van der Waals surface area (Å²) in [5, 5.41) is 2.73. The molecule has 88 valence electrons. The summed E-state index contributed by atoms with van der Waals surface area (Å²) < 4.78 is 4.75. The zero-order chi connectivity index (χ0) is 11.7. The summed E-state index contributed by atoms with van der Waals surface area (Å²) >= 11 is 0. The van der Waals surface area contributed by atoms with Crippen LogP contribution in [0.5, 0.6) is 0 Å². The van der Waals surface area contributed by atoms with Gasteiger partial charge in [0.25, 0.3) is 0 Å². The summed E-state index contributed by atoms with van der Waals surface area (Å²) in [5.41, 5.74) is 0. The summed E-state index contributed by atoms with van der Waals surface area (Å²) in [6, 6.07) is 0. The first-order valence-corrected chi connectivity index (χ1v) is 5.58. The van der Waals surface area contributed by atoms with Crippen LogP contribution in [0.15, 0.2) is 0 Å². The highest BCUT2D eigenvalue weighted by Gasteiger charge is 2.13. The number of esters is 1. The predicted octanol–water partition coefficient (Wildman–Crippen LogP) is 1.49. The number of ether oxygens (including phenoxy) is 1. The van der Waals surface area contributed by atoms with Crippen LogP contribution in [0.3, 0.4) is 0 Å². The van der Waals surface area contributed by atoms with Crippen molar-refractivity contribution in [3.63, 3.8) is 0 Å². The van der Waals surface area contributed by atoms with Crippen molar-refractivity contribution in [3.8, 4) is 0 Å². The minimum atomic E-state index is -0.262. The number of nitrogens with one attached hydrogen (secondary N) is 1. The van der Waals surface area contributed by atoms with Crippen molar-refractivity contribution in [2.24, 2.45) is 5.92 Å². The van der Waals surface area contributed by atoms with Crippen LogP contribution in [0, 0.1) is 5.92 Å². The van der Waals surface area contributed by atoms with E-state index in [1.165, 1.54) is 0 Å². The number of carbonyl (C=O) groups excluding carboxylic acids is 2. The molecule has 0 aliphatic heterocycles. The lowest BCUT2D eigenvalue weighted by Gasteiger charge is -2.12. The third-order valence-corrected chi connectivity index (χ3v) is 2.29. The van der Waals surface area contributed by atoms with Crippen LogP contribution in [-0.4, -0.2) is 25.0 Å². The fourth-order valence-corrected chi connectivity index (χ4v) is 1.32. The molecule has 1 N–H and O–H groups in total. The summed E-state index contributed by atoms with van der Waals surface area (Å²) in [4.78, 5) is 22.4. The molecule has 0 atom stereocenters. The van der Waals surface area contributed by atoms with Crippen LogP contribution in [-0.2, 0) is 14.3 Å².